The van der Waals surface area contributed by atoms with Crippen LogP contribution in [0, 0.1) is 26.7 Å². The normalized spacial score (nSPS) is 19.7. The highest BCUT2D eigenvalue weighted by Gasteiger charge is 2.32. The van der Waals surface area contributed by atoms with Gasteiger partial charge < -0.3 is 15.7 Å². The van der Waals surface area contributed by atoms with Gasteiger partial charge in [0.25, 0.3) is 0 Å². The van der Waals surface area contributed by atoms with Crippen molar-refractivity contribution in [2.45, 2.75) is 27.2 Å². The highest BCUT2D eigenvalue weighted by Crippen LogP contribution is 2.35. The van der Waals surface area contributed by atoms with E-state index < -0.39 is 0 Å². The quantitative estimate of drug-likeness (QED) is 0.780. The summed E-state index contributed by atoms with van der Waals surface area (Å²) >= 11 is 0. The van der Waals surface area contributed by atoms with E-state index in [9.17, 15) is 9.90 Å². The second kappa shape index (κ2) is 4.61. The van der Waals surface area contributed by atoms with Crippen LogP contribution in [0.2, 0.25) is 0 Å². The molecule has 1 unspecified atom stereocenters. The van der Waals surface area contributed by atoms with Crippen LogP contribution in [0.5, 0.6) is 0 Å². The molecule has 3 N–H and O–H groups in total. The molecule has 1 fully saturated rings. The lowest BCUT2D eigenvalue weighted by atomic mass is 10.0. The van der Waals surface area contributed by atoms with E-state index in [1.807, 2.05) is 26.8 Å². The van der Waals surface area contributed by atoms with Crippen LogP contribution >= 0.6 is 0 Å². The summed E-state index contributed by atoms with van der Waals surface area (Å²) in [5.41, 5.74) is 10.8. The molecule has 0 saturated carbocycles. The van der Waals surface area contributed by atoms with Gasteiger partial charge in [-0.2, -0.15) is 0 Å². The molecule has 1 atom stereocenters. The van der Waals surface area contributed by atoms with Crippen LogP contribution in [0.3, 0.4) is 0 Å². The number of nitrogens with two attached hydrogens (primary N) is 1. The molecule has 1 amide bonds. The molecule has 1 aliphatic rings. The first-order valence-electron chi connectivity index (χ1n) is 6.23. The van der Waals surface area contributed by atoms with Gasteiger partial charge in [0.15, 0.2) is 0 Å². The molecule has 4 heteroatoms. The smallest absolute Gasteiger partial charge is 0.227 e. The predicted octanol–water partition coefficient (Wildman–Crippen LogP) is 1.54. The molecular formula is C14H20N2O2. The lowest BCUT2D eigenvalue weighted by molar-refractivity contribution is -0.117. The molecule has 0 aliphatic carbocycles. The number of amides is 1. The summed E-state index contributed by atoms with van der Waals surface area (Å²) in [5, 5.41) is 9.18. The lowest BCUT2D eigenvalue weighted by Crippen LogP contribution is -2.27. The fourth-order valence-electron chi connectivity index (χ4n) is 2.73. The zero-order valence-corrected chi connectivity index (χ0v) is 11.2. The molecule has 1 saturated heterocycles. The highest BCUT2D eigenvalue weighted by molar-refractivity contribution is 5.98. The van der Waals surface area contributed by atoms with Crippen molar-refractivity contribution in [2.75, 3.05) is 23.8 Å². The van der Waals surface area contributed by atoms with E-state index in [0.717, 1.165) is 28.1 Å². The molecule has 0 spiro atoms. The Kier molecular flexibility index (Phi) is 3.30. The second-order valence-corrected chi connectivity index (χ2v) is 5.15. The van der Waals surface area contributed by atoms with Gasteiger partial charge in [-0.1, -0.05) is 6.07 Å². The zero-order chi connectivity index (χ0) is 13.4. The van der Waals surface area contributed by atoms with Gasteiger partial charge in [-0.15, -0.1) is 0 Å². The van der Waals surface area contributed by atoms with Crippen molar-refractivity contribution in [2.24, 2.45) is 5.92 Å². The Morgan fingerprint density at radius 2 is 2.06 bits per heavy atom. The van der Waals surface area contributed by atoms with Crippen molar-refractivity contribution in [3.63, 3.8) is 0 Å². The van der Waals surface area contributed by atoms with E-state index >= 15 is 0 Å². The predicted molar refractivity (Wildman–Crippen MR) is 72.6 cm³/mol. The molecule has 0 bridgehead atoms. The minimum absolute atomic E-state index is 0.0406. The van der Waals surface area contributed by atoms with Gasteiger partial charge in [0.2, 0.25) is 5.91 Å². The molecule has 1 heterocycles. The van der Waals surface area contributed by atoms with Crippen molar-refractivity contribution in [1.29, 1.82) is 0 Å². The molecule has 98 valence electrons. The number of benzene rings is 1. The van der Waals surface area contributed by atoms with Gasteiger partial charge in [-0.25, -0.2) is 0 Å². The molecule has 4 nitrogen and oxygen atoms in total. The van der Waals surface area contributed by atoms with Crippen molar-refractivity contribution in [1.82, 2.24) is 0 Å². The average Bonchev–Trinajstić information content (AvgIpc) is 2.68. The van der Waals surface area contributed by atoms with Gasteiger partial charge in [0.1, 0.15) is 0 Å². The van der Waals surface area contributed by atoms with Crippen molar-refractivity contribution < 1.29 is 9.90 Å². The van der Waals surface area contributed by atoms with Crippen LogP contribution in [0.4, 0.5) is 11.4 Å². The maximum absolute atomic E-state index is 12.0. The van der Waals surface area contributed by atoms with Gasteiger partial charge in [0, 0.05) is 31.2 Å². The number of carbonyl (C=O) groups excluding carboxylic acids is 1. The SMILES string of the molecule is Cc1cc(C)c(N2CC(CO)CC2=O)c(C)c1N. The standard InChI is InChI=1S/C14H20N2O2/c1-8-4-9(2)14(10(3)13(8)15)16-6-11(7-17)5-12(16)18/h4,11,17H,5-7,15H2,1-3H3. The van der Waals surface area contributed by atoms with Crippen molar-refractivity contribution >= 4 is 17.3 Å². The molecule has 1 aromatic carbocycles. The number of hydrogen-bond donors (Lipinski definition) is 2. The van der Waals surface area contributed by atoms with Gasteiger partial charge >= 0.3 is 0 Å². The number of aliphatic hydroxyl groups is 1. The van der Waals surface area contributed by atoms with Gasteiger partial charge in [0.05, 0.1) is 5.69 Å². The fourth-order valence-corrected chi connectivity index (χ4v) is 2.73. The molecule has 0 aromatic heterocycles. The third-order valence-corrected chi connectivity index (χ3v) is 3.72. The van der Waals surface area contributed by atoms with Crippen LogP contribution in [0.15, 0.2) is 6.07 Å². The fraction of sp³-hybridized carbons (Fsp3) is 0.500. The van der Waals surface area contributed by atoms with Crippen LogP contribution in [-0.2, 0) is 4.79 Å². The summed E-state index contributed by atoms with van der Waals surface area (Å²) in [5.74, 6) is 0.113. The number of rotatable bonds is 2. The Morgan fingerprint density at radius 3 is 2.61 bits per heavy atom. The number of nitrogens with zero attached hydrogens (tertiary/aromatic N) is 1. The van der Waals surface area contributed by atoms with Crippen LogP contribution in [0.25, 0.3) is 0 Å². The van der Waals surface area contributed by atoms with Crippen LogP contribution in [-0.4, -0.2) is 24.2 Å². The first-order chi connectivity index (χ1) is 8.45. The average molecular weight is 248 g/mol. The second-order valence-electron chi connectivity index (χ2n) is 5.15. The van der Waals surface area contributed by atoms with Crippen LogP contribution < -0.4 is 10.6 Å². The maximum atomic E-state index is 12.0. The lowest BCUT2D eigenvalue weighted by Gasteiger charge is -2.23. The summed E-state index contributed by atoms with van der Waals surface area (Å²) in [6.07, 6.45) is 0.420. The molecular weight excluding hydrogens is 228 g/mol. The summed E-state index contributed by atoms with van der Waals surface area (Å²) in [6.45, 7) is 6.56. The minimum atomic E-state index is 0.0406. The monoisotopic (exact) mass is 248 g/mol. The molecule has 2 rings (SSSR count). The Morgan fingerprint density at radius 1 is 1.39 bits per heavy atom. The number of hydrogen-bond acceptors (Lipinski definition) is 3. The van der Waals surface area contributed by atoms with Crippen molar-refractivity contribution in [3.05, 3.63) is 22.8 Å². The first kappa shape index (κ1) is 12.9. The summed E-state index contributed by atoms with van der Waals surface area (Å²) in [6, 6.07) is 2.01. The molecule has 1 aromatic rings. The van der Waals surface area contributed by atoms with E-state index in [2.05, 4.69) is 0 Å². The summed E-state index contributed by atoms with van der Waals surface area (Å²) < 4.78 is 0. The highest BCUT2D eigenvalue weighted by atomic mass is 16.3. The Labute approximate surface area is 107 Å². The third-order valence-electron chi connectivity index (χ3n) is 3.72. The van der Waals surface area contributed by atoms with E-state index in [0.29, 0.717) is 13.0 Å². The van der Waals surface area contributed by atoms with E-state index in [1.165, 1.54) is 0 Å². The zero-order valence-electron chi connectivity index (χ0n) is 11.2. The van der Waals surface area contributed by atoms with Gasteiger partial charge in [-0.05, 0) is 37.5 Å². The topological polar surface area (TPSA) is 66.6 Å². The summed E-state index contributed by atoms with van der Waals surface area (Å²) in [7, 11) is 0. The first-order valence-corrected chi connectivity index (χ1v) is 6.23. The van der Waals surface area contributed by atoms with E-state index in [4.69, 9.17) is 5.73 Å². The Balaban J connectivity index is 2.46. The number of nitrogen functional groups attached to an aromatic ring is 1. The van der Waals surface area contributed by atoms with Crippen molar-refractivity contribution in [3.8, 4) is 0 Å². The Bertz CT molecular complexity index is 497. The largest absolute Gasteiger partial charge is 0.398 e. The number of anilines is 2. The van der Waals surface area contributed by atoms with E-state index in [1.54, 1.807) is 4.90 Å². The van der Waals surface area contributed by atoms with E-state index in [-0.39, 0.29) is 18.4 Å². The maximum Gasteiger partial charge on any atom is 0.227 e. The molecule has 18 heavy (non-hydrogen) atoms. The summed E-state index contributed by atoms with van der Waals surface area (Å²) in [4.78, 5) is 13.8. The number of carbonyl (C=O) groups is 1. The number of aryl methyl sites for hydroxylation is 2. The third kappa shape index (κ3) is 1.97. The minimum Gasteiger partial charge on any atom is -0.398 e. The Hall–Kier alpha value is -1.55. The number of aliphatic hydroxyl groups excluding tert-OH is 1. The van der Waals surface area contributed by atoms with Gasteiger partial charge in [-0.3, -0.25) is 4.79 Å². The van der Waals surface area contributed by atoms with Crippen LogP contribution in [0.1, 0.15) is 23.1 Å². The molecule has 1 aliphatic heterocycles. The molecule has 0 radical (unpaired) electrons.